The second-order valence-corrected chi connectivity index (χ2v) is 2.83. The molecule has 6 nitrogen and oxygen atoms in total. The number of hydrogen-bond acceptors (Lipinski definition) is 4. The fraction of sp³-hybridized carbons (Fsp3) is 0. The maximum atomic E-state index is 4.29. The van der Waals surface area contributed by atoms with Gasteiger partial charge in [-0.2, -0.15) is 5.10 Å². The molecule has 0 radical (unpaired) electrons. The summed E-state index contributed by atoms with van der Waals surface area (Å²) in [6, 6.07) is 0. The third-order valence-corrected chi connectivity index (χ3v) is 1.93. The lowest BCUT2D eigenvalue weighted by molar-refractivity contribution is 1.09. The molecule has 0 bridgehead atoms. The molecule has 0 saturated heterocycles. The second kappa shape index (κ2) is 2.63. The van der Waals surface area contributed by atoms with Crippen molar-refractivity contribution in [2.45, 2.75) is 0 Å². The lowest BCUT2D eigenvalue weighted by Gasteiger charge is -1.84. The van der Waals surface area contributed by atoms with Gasteiger partial charge in [0, 0.05) is 6.20 Å². The van der Waals surface area contributed by atoms with Crippen molar-refractivity contribution in [2.75, 3.05) is 0 Å². The van der Waals surface area contributed by atoms with Crippen molar-refractivity contribution in [1.29, 1.82) is 0 Å². The van der Waals surface area contributed by atoms with Crippen molar-refractivity contribution in [1.82, 2.24) is 30.1 Å². The van der Waals surface area contributed by atoms with Crippen molar-refractivity contribution in [3.05, 3.63) is 24.9 Å². The summed E-state index contributed by atoms with van der Waals surface area (Å²) in [5.41, 5.74) is 2.39. The van der Waals surface area contributed by atoms with Gasteiger partial charge in [-0.3, -0.25) is 5.10 Å². The number of nitrogens with one attached hydrogen (secondary N) is 2. The highest BCUT2D eigenvalue weighted by Gasteiger charge is 2.05. The van der Waals surface area contributed by atoms with E-state index in [0.29, 0.717) is 5.65 Å². The van der Waals surface area contributed by atoms with E-state index in [1.165, 1.54) is 6.33 Å². The standard InChI is InChI=1S/C8H6N6/c1-5(2-12-11-1)7-13-6-3-9-4-10-8(6)14-7/h1-4H,(H,11,12)(H,9,10,13,14). The number of nitrogens with zero attached hydrogens (tertiary/aromatic N) is 4. The number of rotatable bonds is 1. The zero-order valence-corrected chi connectivity index (χ0v) is 7.10. The van der Waals surface area contributed by atoms with Crippen LogP contribution in [0.2, 0.25) is 0 Å². The third-order valence-electron chi connectivity index (χ3n) is 1.93. The molecule has 0 fully saturated rings. The molecule has 14 heavy (non-hydrogen) atoms. The van der Waals surface area contributed by atoms with Crippen LogP contribution in [0.4, 0.5) is 0 Å². The molecule has 68 valence electrons. The Bertz CT molecular complexity index is 519. The Balaban J connectivity index is 2.24. The zero-order valence-electron chi connectivity index (χ0n) is 7.10. The second-order valence-electron chi connectivity index (χ2n) is 2.83. The number of fused-ring (bicyclic) bond motifs is 1. The molecule has 2 N–H and O–H groups in total. The Morgan fingerprint density at radius 2 is 2.21 bits per heavy atom. The summed E-state index contributed by atoms with van der Waals surface area (Å²) in [6.07, 6.45) is 6.64. The minimum atomic E-state index is 0.663. The first-order valence-electron chi connectivity index (χ1n) is 4.08. The highest BCUT2D eigenvalue weighted by atomic mass is 15.1. The normalized spacial score (nSPS) is 10.9. The van der Waals surface area contributed by atoms with Gasteiger partial charge >= 0.3 is 0 Å². The molecule has 3 aromatic rings. The number of aromatic nitrogens is 6. The molecule has 0 saturated carbocycles. The first-order chi connectivity index (χ1) is 6.93. The van der Waals surface area contributed by atoms with E-state index in [1.54, 1.807) is 18.6 Å². The van der Waals surface area contributed by atoms with Crippen molar-refractivity contribution >= 4 is 11.2 Å². The molecule has 0 aliphatic rings. The van der Waals surface area contributed by atoms with Crippen LogP contribution in [-0.4, -0.2) is 30.1 Å². The predicted octanol–water partition coefficient (Wildman–Crippen LogP) is 0.743. The number of aromatic amines is 2. The molecule has 3 heterocycles. The fourth-order valence-corrected chi connectivity index (χ4v) is 1.28. The average molecular weight is 186 g/mol. The van der Waals surface area contributed by atoms with Gasteiger partial charge in [0.15, 0.2) is 5.65 Å². The first kappa shape index (κ1) is 7.19. The maximum Gasteiger partial charge on any atom is 0.181 e. The van der Waals surface area contributed by atoms with Gasteiger partial charge in [0.2, 0.25) is 0 Å². The molecule has 0 aromatic carbocycles. The molecular formula is C8H6N6. The largest absolute Gasteiger partial charge is 0.335 e. The fourth-order valence-electron chi connectivity index (χ4n) is 1.28. The van der Waals surface area contributed by atoms with Crippen LogP contribution >= 0.6 is 0 Å². The Morgan fingerprint density at radius 3 is 3.00 bits per heavy atom. The van der Waals surface area contributed by atoms with Gasteiger partial charge in [-0.25, -0.2) is 15.0 Å². The van der Waals surface area contributed by atoms with E-state index in [2.05, 4.69) is 30.1 Å². The van der Waals surface area contributed by atoms with Crippen LogP contribution in [-0.2, 0) is 0 Å². The summed E-state index contributed by atoms with van der Waals surface area (Å²) in [5.74, 6) is 0.745. The van der Waals surface area contributed by atoms with E-state index in [0.717, 1.165) is 16.9 Å². The molecule has 0 atom stereocenters. The summed E-state index contributed by atoms with van der Waals surface area (Å²) in [4.78, 5) is 15.3. The average Bonchev–Trinajstić information content (AvgIpc) is 2.86. The SMILES string of the molecule is c1ncc2[nH]c(-c3cn[nH]c3)nc2n1. The van der Waals surface area contributed by atoms with E-state index < -0.39 is 0 Å². The zero-order chi connectivity index (χ0) is 9.38. The Morgan fingerprint density at radius 1 is 1.21 bits per heavy atom. The van der Waals surface area contributed by atoms with Gasteiger partial charge in [-0.05, 0) is 0 Å². The van der Waals surface area contributed by atoms with E-state index in [1.807, 2.05) is 0 Å². The van der Waals surface area contributed by atoms with Gasteiger partial charge in [-0.15, -0.1) is 0 Å². The number of hydrogen-bond donors (Lipinski definition) is 2. The molecule has 0 aliphatic heterocycles. The van der Waals surface area contributed by atoms with Crippen molar-refractivity contribution < 1.29 is 0 Å². The van der Waals surface area contributed by atoms with Gasteiger partial charge < -0.3 is 4.98 Å². The summed E-state index contributed by atoms with van der Waals surface area (Å²) >= 11 is 0. The van der Waals surface area contributed by atoms with Gasteiger partial charge in [-0.1, -0.05) is 0 Å². The van der Waals surface area contributed by atoms with Crippen LogP contribution < -0.4 is 0 Å². The van der Waals surface area contributed by atoms with Crippen LogP contribution in [0.5, 0.6) is 0 Å². The minimum absolute atomic E-state index is 0.663. The topological polar surface area (TPSA) is 83.1 Å². The first-order valence-corrected chi connectivity index (χ1v) is 4.08. The van der Waals surface area contributed by atoms with Crippen LogP contribution in [0.25, 0.3) is 22.6 Å². The van der Waals surface area contributed by atoms with Crippen LogP contribution in [0.1, 0.15) is 0 Å². The predicted molar refractivity (Wildman–Crippen MR) is 49.3 cm³/mol. The monoisotopic (exact) mass is 186 g/mol. The summed E-state index contributed by atoms with van der Waals surface area (Å²) < 4.78 is 0. The van der Waals surface area contributed by atoms with Crippen molar-refractivity contribution in [3.63, 3.8) is 0 Å². The lowest BCUT2D eigenvalue weighted by atomic mass is 10.3. The molecule has 0 spiro atoms. The quantitative estimate of drug-likeness (QED) is 0.587. The third kappa shape index (κ3) is 0.972. The van der Waals surface area contributed by atoms with E-state index in [4.69, 9.17) is 0 Å². The van der Waals surface area contributed by atoms with Crippen LogP contribution in [0.3, 0.4) is 0 Å². The molecular weight excluding hydrogens is 180 g/mol. The van der Waals surface area contributed by atoms with Gasteiger partial charge in [0.1, 0.15) is 17.7 Å². The van der Waals surface area contributed by atoms with E-state index in [9.17, 15) is 0 Å². The number of H-pyrrole nitrogens is 2. The molecule has 0 amide bonds. The van der Waals surface area contributed by atoms with Gasteiger partial charge in [0.25, 0.3) is 0 Å². The van der Waals surface area contributed by atoms with Crippen LogP contribution in [0.15, 0.2) is 24.9 Å². The smallest absolute Gasteiger partial charge is 0.181 e. The van der Waals surface area contributed by atoms with E-state index in [-0.39, 0.29) is 0 Å². The Hall–Kier alpha value is -2.24. The summed E-state index contributed by atoms with van der Waals surface area (Å²) in [6.45, 7) is 0. The Kier molecular flexibility index (Phi) is 1.35. The van der Waals surface area contributed by atoms with Crippen molar-refractivity contribution in [3.8, 4) is 11.4 Å². The molecule has 0 unspecified atom stereocenters. The van der Waals surface area contributed by atoms with Crippen LogP contribution in [0, 0.1) is 0 Å². The van der Waals surface area contributed by atoms with E-state index >= 15 is 0 Å². The van der Waals surface area contributed by atoms with Gasteiger partial charge in [0.05, 0.1) is 18.0 Å². The minimum Gasteiger partial charge on any atom is -0.335 e. The molecule has 0 aliphatic carbocycles. The summed E-state index contributed by atoms with van der Waals surface area (Å²) in [7, 11) is 0. The maximum absolute atomic E-state index is 4.29. The molecule has 6 heteroatoms. The Labute approximate surface area is 78.4 Å². The number of imidazole rings is 1. The highest BCUT2D eigenvalue weighted by molar-refractivity contribution is 5.74. The highest BCUT2D eigenvalue weighted by Crippen LogP contribution is 2.16. The molecule has 3 rings (SSSR count). The lowest BCUT2D eigenvalue weighted by Crippen LogP contribution is -1.76. The molecule has 3 aromatic heterocycles. The summed E-state index contributed by atoms with van der Waals surface area (Å²) in [5, 5.41) is 6.57. The van der Waals surface area contributed by atoms with Crippen molar-refractivity contribution in [2.24, 2.45) is 0 Å².